The van der Waals surface area contributed by atoms with Gasteiger partial charge in [0.1, 0.15) is 11.9 Å². The first-order valence-electron chi connectivity index (χ1n) is 10.3. The minimum Gasteiger partial charge on any atom is -0.489 e. The quantitative estimate of drug-likeness (QED) is 0.831. The summed E-state index contributed by atoms with van der Waals surface area (Å²) in [5.41, 5.74) is 0.521. The molecule has 2 aliphatic heterocycles. The summed E-state index contributed by atoms with van der Waals surface area (Å²) in [6, 6.07) is 6.16. The first-order chi connectivity index (χ1) is 13.2. The summed E-state index contributed by atoms with van der Waals surface area (Å²) in [7, 11) is 0. The Morgan fingerprint density at radius 1 is 1.15 bits per heavy atom. The normalized spacial score (nSPS) is 25.0. The molecule has 1 atom stereocenters. The minimum atomic E-state index is -0.133. The molecule has 1 saturated carbocycles. The van der Waals surface area contributed by atoms with Crippen LogP contribution < -0.4 is 10.1 Å². The lowest BCUT2D eigenvalue weighted by Crippen LogP contribution is -2.43. The van der Waals surface area contributed by atoms with Crippen LogP contribution in [0.4, 0.5) is 0 Å². The molecule has 1 N–H and O–H groups in total. The summed E-state index contributed by atoms with van der Waals surface area (Å²) < 4.78 is 11.6. The molecule has 5 nitrogen and oxygen atoms in total. The van der Waals surface area contributed by atoms with Crippen molar-refractivity contribution in [1.29, 1.82) is 0 Å². The number of halogens is 1. The minimum absolute atomic E-state index is 0.0685. The van der Waals surface area contributed by atoms with E-state index in [9.17, 15) is 4.79 Å². The van der Waals surface area contributed by atoms with Gasteiger partial charge in [0.05, 0.1) is 18.2 Å². The monoisotopic (exact) mass is 392 g/mol. The number of carbonyl (C=O) groups is 1. The van der Waals surface area contributed by atoms with Crippen LogP contribution in [0.25, 0.3) is 0 Å². The first kappa shape index (κ1) is 19.0. The van der Waals surface area contributed by atoms with Crippen molar-refractivity contribution in [2.75, 3.05) is 26.3 Å². The number of nitrogens with zero attached hydrogens (tertiary/aromatic N) is 1. The molecule has 0 bridgehead atoms. The van der Waals surface area contributed by atoms with Gasteiger partial charge in [-0.25, -0.2) is 0 Å². The van der Waals surface area contributed by atoms with Crippen molar-refractivity contribution in [3.8, 4) is 5.75 Å². The topological polar surface area (TPSA) is 50.8 Å². The molecule has 0 aromatic heterocycles. The van der Waals surface area contributed by atoms with Crippen LogP contribution in [0.5, 0.6) is 5.75 Å². The van der Waals surface area contributed by atoms with Crippen molar-refractivity contribution in [2.45, 2.75) is 63.1 Å². The summed E-state index contributed by atoms with van der Waals surface area (Å²) in [5.74, 6) is 0.501. The molecule has 3 aliphatic rings. The van der Waals surface area contributed by atoms with Crippen LogP contribution >= 0.6 is 11.6 Å². The molecule has 2 heterocycles. The number of hydrogen-bond donors (Lipinski definition) is 1. The fourth-order valence-corrected chi connectivity index (χ4v) is 4.67. The Bertz CT molecular complexity index is 649. The van der Waals surface area contributed by atoms with Crippen LogP contribution in [0.3, 0.4) is 0 Å². The smallest absolute Gasteiger partial charge is 0.255 e. The van der Waals surface area contributed by atoms with E-state index in [1.165, 1.54) is 25.7 Å². The Balaban J connectivity index is 1.37. The third-order valence-corrected chi connectivity index (χ3v) is 6.30. The molecular formula is C21H29ClN2O3. The molecule has 1 amide bonds. The van der Waals surface area contributed by atoms with Crippen LogP contribution in [-0.2, 0) is 4.74 Å². The van der Waals surface area contributed by atoms with Crippen LogP contribution in [-0.4, -0.2) is 55.3 Å². The van der Waals surface area contributed by atoms with Crippen molar-refractivity contribution in [3.63, 3.8) is 0 Å². The molecule has 1 aromatic carbocycles. The van der Waals surface area contributed by atoms with Gasteiger partial charge in [0.25, 0.3) is 5.91 Å². The zero-order valence-electron chi connectivity index (χ0n) is 15.8. The second-order valence-electron chi connectivity index (χ2n) is 7.97. The molecule has 148 valence electrons. The van der Waals surface area contributed by atoms with Crippen molar-refractivity contribution in [1.82, 2.24) is 10.2 Å². The van der Waals surface area contributed by atoms with Crippen LogP contribution in [0.2, 0.25) is 5.02 Å². The lowest BCUT2D eigenvalue weighted by molar-refractivity contribution is 0.0748. The fourth-order valence-electron chi connectivity index (χ4n) is 4.50. The van der Waals surface area contributed by atoms with Crippen molar-refractivity contribution in [3.05, 3.63) is 28.8 Å². The van der Waals surface area contributed by atoms with E-state index in [0.717, 1.165) is 38.4 Å². The Hall–Kier alpha value is -1.30. The van der Waals surface area contributed by atoms with Crippen molar-refractivity contribution >= 4 is 17.5 Å². The molecular weight excluding hydrogens is 364 g/mol. The molecule has 2 saturated heterocycles. The van der Waals surface area contributed by atoms with Gasteiger partial charge in [-0.1, -0.05) is 24.4 Å². The van der Waals surface area contributed by atoms with Crippen LogP contribution in [0.1, 0.15) is 55.3 Å². The van der Waals surface area contributed by atoms with Gasteiger partial charge in [-0.3, -0.25) is 4.79 Å². The van der Waals surface area contributed by atoms with Crippen LogP contribution in [0.15, 0.2) is 18.2 Å². The number of ether oxygens (including phenoxy) is 2. The van der Waals surface area contributed by atoms with E-state index in [0.29, 0.717) is 29.5 Å². The zero-order chi connectivity index (χ0) is 18.6. The molecule has 4 rings (SSSR count). The van der Waals surface area contributed by atoms with E-state index in [1.807, 2.05) is 6.07 Å². The Kier molecular flexibility index (Phi) is 6.21. The first-order valence-corrected chi connectivity index (χ1v) is 10.7. The number of piperidine rings is 1. The predicted molar refractivity (Wildman–Crippen MR) is 106 cm³/mol. The Morgan fingerprint density at radius 3 is 2.63 bits per heavy atom. The van der Waals surface area contributed by atoms with E-state index >= 15 is 0 Å². The van der Waals surface area contributed by atoms with E-state index in [2.05, 4.69) is 10.2 Å². The maximum atomic E-state index is 12.7. The summed E-state index contributed by atoms with van der Waals surface area (Å²) >= 11 is 6.15. The van der Waals surface area contributed by atoms with E-state index in [-0.39, 0.29) is 18.1 Å². The van der Waals surface area contributed by atoms with Gasteiger partial charge >= 0.3 is 0 Å². The van der Waals surface area contributed by atoms with Gasteiger partial charge in [0.15, 0.2) is 0 Å². The third kappa shape index (κ3) is 4.76. The maximum Gasteiger partial charge on any atom is 0.255 e. The summed E-state index contributed by atoms with van der Waals surface area (Å²) in [5, 5.41) is 3.58. The molecule has 27 heavy (non-hydrogen) atoms. The van der Waals surface area contributed by atoms with E-state index in [4.69, 9.17) is 21.1 Å². The highest BCUT2D eigenvalue weighted by atomic mass is 35.5. The number of amides is 1. The molecule has 0 radical (unpaired) electrons. The zero-order valence-corrected chi connectivity index (χ0v) is 16.5. The average molecular weight is 393 g/mol. The van der Waals surface area contributed by atoms with Crippen molar-refractivity contribution < 1.29 is 14.3 Å². The number of likely N-dealkylation sites (tertiary alicyclic amines) is 1. The standard InChI is InChI=1S/C21H29ClN2O3/c22-15-5-6-20(19(13-15)21(25)23-16-9-12-26-14-16)27-18-7-10-24(11-8-18)17-3-1-2-4-17/h5-6,13,16-18H,1-4,7-12,14H2,(H,23,25)/t16-/m0/s1. The number of carbonyl (C=O) groups excluding carboxylic acids is 1. The van der Waals surface area contributed by atoms with Gasteiger partial charge in [-0.15, -0.1) is 0 Å². The van der Waals surface area contributed by atoms with Crippen LogP contribution in [0, 0.1) is 0 Å². The number of benzene rings is 1. The fraction of sp³-hybridized carbons (Fsp3) is 0.667. The van der Waals surface area contributed by atoms with Gasteiger partial charge in [0, 0.05) is 30.8 Å². The molecule has 0 unspecified atom stereocenters. The number of rotatable bonds is 5. The van der Waals surface area contributed by atoms with Gasteiger partial charge in [0.2, 0.25) is 0 Å². The SMILES string of the molecule is O=C(N[C@H]1CCOC1)c1cc(Cl)ccc1OC1CCN(C2CCCC2)CC1. The molecule has 1 aliphatic carbocycles. The summed E-state index contributed by atoms with van der Waals surface area (Å²) in [6.45, 7) is 3.44. The second kappa shape index (κ2) is 8.80. The molecule has 3 fully saturated rings. The lowest BCUT2D eigenvalue weighted by Gasteiger charge is -2.36. The van der Waals surface area contributed by atoms with Crippen molar-refractivity contribution in [2.24, 2.45) is 0 Å². The number of hydrogen-bond acceptors (Lipinski definition) is 4. The van der Waals surface area contributed by atoms with Gasteiger partial charge < -0.3 is 19.7 Å². The van der Waals surface area contributed by atoms with Gasteiger partial charge in [-0.2, -0.15) is 0 Å². The number of nitrogens with one attached hydrogen (secondary N) is 1. The highest BCUT2D eigenvalue weighted by Gasteiger charge is 2.29. The summed E-state index contributed by atoms with van der Waals surface area (Å²) in [4.78, 5) is 15.4. The molecule has 1 aromatic rings. The average Bonchev–Trinajstić information content (AvgIpc) is 3.38. The predicted octanol–water partition coefficient (Wildman–Crippen LogP) is 3.64. The molecule has 6 heteroatoms. The highest BCUT2D eigenvalue weighted by Crippen LogP contribution is 2.29. The van der Waals surface area contributed by atoms with Gasteiger partial charge in [-0.05, 0) is 50.3 Å². The third-order valence-electron chi connectivity index (χ3n) is 6.06. The second-order valence-corrected chi connectivity index (χ2v) is 8.40. The Labute approximate surface area is 166 Å². The Morgan fingerprint density at radius 2 is 1.93 bits per heavy atom. The summed E-state index contributed by atoms with van der Waals surface area (Å²) in [6.07, 6.45) is 8.46. The molecule has 0 spiro atoms. The lowest BCUT2D eigenvalue weighted by atomic mass is 10.0. The maximum absolute atomic E-state index is 12.7. The highest BCUT2D eigenvalue weighted by molar-refractivity contribution is 6.31. The largest absolute Gasteiger partial charge is 0.489 e. The van der Waals surface area contributed by atoms with E-state index in [1.54, 1.807) is 12.1 Å². The van der Waals surface area contributed by atoms with E-state index < -0.39 is 0 Å².